The van der Waals surface area contributed by atoms with E-state index in [2.05, 4.69) is 13.8 Å². The van der Waals surface area contributed by atoms with E-state index < -0.39 is 148 Å². The number of carbonyl (C=O) groups excluding carboxylic acids is 9. The molecule has 0 aromatic rings. The molecular formula is C61H102O22. The van der Waals surface area contributed by atoms with E-state index in [9.17, 15) is 43.2 Å². The highest BCUT2D eigenvalue weighted by Crippen LogP contribution is 2.36. The van der Waals surface area contributed by atoms with Crippen molar-refractivity contribution >= 4 is 53.7 Å². The third-order valence-electron chi connectivity index (χ3n) is 14.0. The first-order valence-corrected chi connectivity index (χ1v) is 30.8. The Morgan fingerprint density at radius 1 is 0.337 bits per heavy atom. The molecule has 0 radical (unpaired) electrons. The lowest BCUT2D eigenvalue weighted by molar-refractivity contribution is -0.363. The summed E-state index contributed by atoms with van der Waals surface area (Å²) in [5, 5.41) is 0. The third-order valence-corrected chi connectivity index (χ3v) is 14.0. The number of carbonyl (C=O) groups is 9. The Balaban J connectivity index is 2.42. The molecule has 2 fully saturated rings. The van der Waals surface area contributed by atoms with Gasteiger partial charge in [-0.3, -0.25) is 43.2 Å². The normalized spacial score (nSPS) is 22.5. The molecule has 11 atom stereocenters. The maximum Gasteiger partial charge on any atom is 0.305 e. The van der Waals surface area contributed by atoms with E-state index in [1.165, 1.54) is 103 Å². The highest BCUT2D eigenvalue weighted by molar-refractivity contribution is 5.71. The summed E-state index contributed by atoms with van der Waals surface area (Å²) in [4.78, 5) is 115. The zero-order chi connectivity index (χ0) is 61.4. The Kier molecular flexibility index (Phi) is 39.8. The highest BCUT2D eigenvalue weighted by atomic mass is 16.8. The molecule has 0 aromatic carbocycles. The molecule has 0 saturated carbocycles. The summed E-state index contributed by atoms with van der Waals surface area (Å²) in [7, 11) is 0. The maximum atomic E-state index is 13.4. The van der Waals surface area contributed by atoms with Crippen LogP contribution in [0.2, 0.25) is 0 Å². The number of esters is 9. The minimum atomic E-state index is -1.92. The smallest absolute Gasteiger partial charge is 0.305 e. The van der Waals surface area contributed by atoms with Gasteiger partial charge in [-0.05, 0) is 12.8 Å². The molecular weight excluding hydrogens is 1080 g/mol. The largest absolute Gasteiger partial charge is 0.463 e. The van der Waals surface area contributed by atoms with Crippen molar-refractivity contribution in [2.24, 2.45) is 0 Å². The first kappa shape index (κ1) is 74.2. The van der Waals surface area contributed by atoms with E-state index in [-0.39, 0.29) is 12.8 Å². The molecule has 478 valence electrons. The molecule has 1 unspecified atom stereocenters. The summed E-state index contributed by atoms with van der Waals surface area (Å²) in [5.74, 6) is -7.29. The summed E-state index contributed by atoms with van der Waals surface area (Å²) in [6, 6.07) is 0. The quantitative estimate of drug-likeness (QED) is 0.0311. The van der Waals surface area contributed by atoms with Gasteiger partial charge < -0.3 is 61.6 Å². The fourth-order valence-corrected chi connectivity index (χ4v) is 10.0. The molecule has 0 bridgehead atoms. The second-order valence-corrected chi connectivity index (χ2v) is 21.8. The minimum absolute atomic E-state index is 0.0471. The molecule has 0 spiro atoms. The third kappa shape index (κ3) is 34.0. The Morgan fingerprint density at radius 3 is 1.07 bits per heavy atom. The van der Waals surface area contributed by atoms with E-state index in [4.69, 9.17) is 61.6 Å². The van der Waals surface area contributed by atoms with Crippen LogP contribution in [0.3, 0.4) is 0 Å². The van der Waals surface area contributed by atoms with Gasteiger partial charge in [-0.25, -0.2) is 0 Å². The fourth-order valence-electron chi connectivity index (χ4n) is 10.0. The van der Waals surface area contributed by atoms with Gasteiger partial charge in [0.2, 0.25) is 0 Å². The number of ether oxygens (including phenoxy) is 13. The second-order valence-electron chi connectivity index (χ2n) is 21.8. The van der Waals surface area contributed by atoms with Crippen molar-refractivity contribution in [3.05, 3.63) is 0 Å². The number of hydrogen-bond donors (Lipinski definition) is 0. The van der Waals surface area contributed by atoms with Crippen LogP contribution in [0, 0.1) is 0 Å². The van der Waals surface area contributed by atoms with Crippen LogP contribution in [0.15, 0.2) is 0 Å². The predicted octanol–water partition coefficient (Wildman–Crippen LogP) is 10.0. The molecule has 22 nitrogen and oxygen atoms in total. The van der Waals surface area contributed by atoms with Crippen LogP contribution in [0.25, 0.3) is 0 Å². The number of rotatable bonds is 45. The molecule has 2 heterocycles. The molecule has 2 rings (SSSR count). The highest BCUT2D eigenvalue weighted by Gasteiger charge is 2.58. The van der Waals surface area contributed by atoms with E-state index >= 15 is 0 Å². The Labute approximate surface area is 493 Å². The lowest BCUT2D eigenvalue weighted by Gasteiger charge is -2.48. The molecule has 0 aliphatic carbocycles. The minimum Gasteiger partial charge on any atom is -0.463 e. The van der Waals surface area contributed by atoms with Gasteiger partial charge in [-0.2, -0.15) is 0 Å². The molecule has 0 amide bonds. The van der Waals surface area contributed by atoms with Crippen LogP contribution in [0.1, 0.15) is 242 Å². The SMILES string of the molecule is CCCCCCCCCCCCCCCC(=O)OCC(CO[C@H]1O[C@H](COC(=O)CCCCCCCCCCCCCCC)[C@@H](OC(C)=O)[C@H](O[C@H]2O[C@H](COC(C)=O)[C@@H](OC(C)=O)[C@H](OC(C)=O)[C@H]2OC(C)=O)[C@@H]1OC(C)=O)OC(C)=O. The van der Waals surface area contributed by atoms with Gasteiger partial charge in [-0.15, -0.1) is 0 Å². The first-order chi connectivity index (χ1) is 39.7. The molecule has 0 N–H and O–H groups in total. The zero-order valence-electron chi connectivity index (χ0n) is 51.5. The van der Waals surface area contributed by atoms with Crippen LogP contribution in [-0.2, 0) is 105 Å². The monoisotopic (exact) mass is 1190 g/mol. The van der Waals surface area contributed by atoms with Gasteiger partial charge >= 0.3 is 53.7 Å². The summed E-state index contributed by atoms with van der Waals surface area (Å²) < 4.78 is 75.7. The van der Waals surface area contributed by atoms with E-state index in [0.717, 1.165) is 99.8 Å². The van der Waals surface area contributed by atoms with Crippen molar-refractivity contribution in [2.75, 3.05) is 26.4 Å². The van der Waals surface area contributed by atoms with Crippen molar-refractivity contribution in [1.29, 1.82) is 0 Å². The summed E-state index contributed by atoms with van der Waals surface area (Å²) in [6.07, 6.45) is 11.1. The lowest BCUT2D eigenvalue weighted by atomic mass is 9.96. The Hall–Kier alpha value is -4.93. The van der Waals surface area contributed by atoms with E-state index in [0.29, 0.717) is 12.8 Å². The van der Waals surface area contributed by atoms with Gasteiger partial charge in [0.1, 0.15) is 38.1 Å². The Bertz CT molecular complexity index is 1890. The van der Waals surface area contributed by atoms with Crippen molar-refractivity contribution in [1.82, 2.24) is 0 Å². The van der Waals surface area contributed by atoms with Crippen molar-refractivity contribution in [3.8, 4) is 0 Å². The fraction of sp³-hybridized carbons (Fsp3) is 0.852. The maximum absolute atomic E-state index is 13.4. The van der Waals surface area contributed by atoms with Gasteiger partial charge in [0.15, 0.2) is 49.2 Å². The predicted molar refractivity (Wildman–Crippen MR) is 301 cm³/mol. The van der Waals surface area contributed by atoms with Gasteiger partial charge in [0, 0.05) is 61.3 Å². The van der Waals surface area contributed by atoms with Crippen LogP contribution in [0.5, 0.6) is 0 Å². The summed E-state index contributed by atoms with van der Waals surface area (Å²) >= 11 is 0. The molecule has 2 aliphatic rings. The van der Waals surface area contributed by atoms with Crippen LogP contribution >= 0.6 is 0 Å². The second kappa shape index (κ2) is 44.5. The first-order valence-electron chi connectivity index (χ1n) is 30.8. The van der Waals surface area contributed by atoms with Crippen molar-refractivity contribution in [2.45, 2.75) is 310 Å². The van der Waals surface area contributed by atoms with E-state index in [1.54, 1.807) is 0 Å². The molecule has 0 aromatic heterocycles. The van der Waals surface area contributed by atoms with E-state index in [1.807, 2.05) is 0 Å². The van der Waals surface area contributed by atoms with Gasteiger partial charge in [-0.1, -0.05) is 168 Å². The Morgan fingerprint density at radius 2 is 0.675 bits per heavy atom. The molecule has 2 saturated heterocycles. The standard InChI is InChI=1S/C61H102O22/c1-10-12-14-16-18-20-22-24-26-28-30-32-34-36-52(69)72-38-49(75-43(4)63)39-74-60-58(79-47(8)67)57(83-61-59(80-48(9)68)56(78-46(7)66)54(76-44(5)64)50(82-61)40-71-42(3)62)55(77-45(6)65)51(81-60)41-73-53(70)37-35-33-31-29-27-25-23-21-19-17-15-13-11-2/h49-51,54-61H,10-41H2,1-9H3/t49?,50-,51-,54-,55-,56+,57+,58+,59-,60+,61-/m1/s1. The van der Waals surface area contributed by atoms with Crippen LogP contribution < -0.4 is 0 Å². The van der Waals surface area contributed by atoms with Crippen molar-refractivity contribution in [3.63, 3.8) is 0 Å². The van der Waals surface area contributed by atoms with Gasteiger partial charge in [0.25, 0.3) is 0 Å². The van der Waals surface area contributed by atoms with Crippen LogP contribution in [0.4, 0.5) is 0 Å². The number of unbranched alkanes of at least 4 members (excludes halogenated alkanes) is 24. The topological polar surface area (TPSA) is 274 Å². The average molecular weight is 1190 g/mol. The zero-order valence-corrected chi connectivity index (χ0v) is 51.5. The average Bonchev–Trinajstić information content (AvgIpc) is 3.06. The summed E-state index contributed by atoms with van der Waals surface area (Å²) in [6.45, 7) is 9.67. The molecule has 83 heavy (non-hydrogen) atoms. The van der Waals surface area contributed by atoms with Gasteiger partial charge in [0.05, 0.1) is 6.61 Å². The number of hydrogen-bond acceptors (Lipinski definition) is 22. The molecule has 2 aliphatic heterocycles. The summed E-state index contributed by atoms with van der Waals surface area (Å²) in [5.41, 5.74) is 0. The molecule has 22 heteroatoms. The van der Waals surface area contributed by atoms with Crippen molar-refractivity contribution < 1.29 is 105 Å². The lowest BCUT2D eigenvalue weighted by Crippen LogP contribution is -2.67. The van der Waals surface area contributed by atoms with Crippen LogP contribution in [-0.4, -0.2) is 148 Å².